The van der Waals surface area contributed by atoms with Crippen molar-refractivity contribution in [3.8, 4) is 0 Å². The number of allylic oxidation sites excluding steroid dienone is 4. The first-order chi connectivity index (χ1) is 6.06. The maximum absolute atomic E-state index is 10.3. The van der Waals surface area contributed by atoms with Gasteiger partial charge in [0.1, 0.15) is 0 Å². The lowest BCUT2D eigenvalue weighted by atomic mass is 10.2. The van der Waals surface area contributed by atoms with Gasteiger partial charge in [-0.25, -0.2) is 10.6 Å². The Morgan fingerprint density at radius 1 is 1.08 bits per heavy atom. The molecule has 13 heavy (non-hydrogen) atoms. The summed E-state index contributed by atoms with van der Waals surface area (Å²) in [6, 6.07) is -0.718. The number of hydrazine groups is 1. The van der Waals surface area contributed by atoms with Crippen LogP contribution >= 0.6 is 0 Å². The standard InChI is InChI=1S/C6H4O2.CH5N3O/c7-5-1-2-6(8)4-3-5;2-1(5)4-3/h1-4H;3H2,(H3,2,4,5). The molecule has 1 rings (SSSR count). The largest absolute Gasteiger partial charge is 0.351 e. The lowest BCUT2D eigenvalue weighted by molar-refractivity contribution is -0.113. The second-order valence-electron chi connectivity index (χ2n) is 1.98. The van der Waals surface area contributed by atoms with E-state index in [0.29, 0.717) is 0 Å². The number of ketones is 2. The first-order valence-electron chi connectivity index (χ1n) is 3.26. The summed E-state index contributed by atoms with van der Waals surface area (Å²) in [7, 11) is 0. The zero-order valence-corrected chi connectivity index (χ0v) is 6.69. The van der Waals surface area contributed by atoms with Gasteiger partial charge in [-0.1, -0.05) is 0 Å². The van der Waals surface area contributed by atoms with Crippen molar-refractivity contribution in [2.24, 2.45) is 11.6 Å². The molecule has 0 aromatic carbocycles. The van der Waals surface area contributed by atoms with E-state index in [1.54, 1.807) is 5.43 Å². The van der Waals surface area contributed by atoms with Gasteiger partial charge in [0, 0.05) is 0 Å². The Labute approximate surface area is 74.2 Å². The quantitative estimate of drug-likeness (QED) is 0.189. The Hall–Kier alpha value is -1.95. The highest BCUT2D eigenvalue weighted by atomic mass is 16.2. The fourth-order valence-corrected chi connectivity index (χ4v) is 0.440. The molecular formula is C7H9N3O3. The SMILES string of the molecule is NNC(N)=O.O=C1C=CC(=O)C=C1. The predicted molar refractivity (Wildman–Crippen MR) is 45.2 cm³/mol. The predicted octanol–water partition coefficient (Wildman–Crippen LogP) is -1.22. The number of amides is 2. The van der Waals surface area contributed by atoms with E-state index in [1.165, 1.54) is 24.3 Å². The molecule has 0 saturated heterocycles. The van der Waals surface area contributed by atoms with E-state index in [-0.39, 0.29) is 11.6 Å². The maximum atomic E-state index is 10.3. The van der Waals surface area contributed by atoms with Crippen molar-refractivity contribution in [3.05, 3.63) is 24.3 Å². The molecule has 0 aromatic rings. The maximum Gasteiger partial charge on any atom is 0.326 e. The van der Waals surface area contributed by atoms with Gasteiger partial charge in [-0.2, -0.15) is 0 Å². The number of primary amides is 1. The van der Waals surface area contributed by atoms with Crippen LogP contribution in [0.1, 0.15) is 0 Å². The van der Waals surface area contributed by atoms with Crippen LogP contribution in [0, 0.1) is 0 Å². The van der Waals surface area contributed by atoms with E-state index in [4.69, 9.17) is 0 Å². The van der Waals surface area contributed by atoms with Gasteiger partial charge in [-0.05, 0) is 24.3 Å². The Morgan fingerprint density at radius 2 is 1.31 bits per heavy atom. The Kier molecular flexibility index (Phi) is 4.82. The van der Waals surface area contributed by atoms with Crippen molar-refractivity contribution in [2.45, 2.75) is 0 Å². The van der Waals surface area contributed by atoms with E-state index >= 15 is 0 Å². The minimum absolute atomic E-state index is 0.121. The van der Waals surface area contributed by atoms with Crippen LogP contribution in [0.25, 0.3) is 0 Å². The lowest BCUT2D eigenvalue weighted by Crippen LogP contribution is -2.34. The molecule has 1 aliphatic carbocycles. The van der Waals surface area contributed by atoms with E-state index in [9.17, 15) is 14.4 Å². The molecule has 0 aromatic heterocycles. The zero-order valence-electron chi connectivity index (χ0n) is 6.69. The van der Waals surface area contributed by atoms with E-state index < -0.39 is 6.03 Å². The number of nitrogens with two attached hydrogens (primary N) is 2. The van der Waals surface area contributed by atoms with Crippen molar-refractivity contribution < 1.29 is 14.4 Å². The average Bonchev–Trinajstić information content (AvgIpc) is 2.11. The number of hydrogen-bond donors (Lipinski definition) is 3. The minimum Gasteiger partial charge on any atom is -0.351 e. The molecule has 0 spiro atoms. The van der Waals surface area contributed by atoms with Crippen LogP contribution in [-0.4, -0.2) is 17.6 Å². The van der Waals surface area contributed by atoms with Gasteiger partial charge in [0.05, 0.1) is 0 Å². The van der Waals surface area contributed by atoms with Gasteiger partial charge in [-0.3, -0.25) is 15.0 Å². The minimum atomic E-state index is -0.718. The lowest BCUT2D eigenvalue weighted by Gasteiger charge is -1.87. The number of rotatable bonds is 0. The summed E-state index contributed by atoms with van der Waals surface area (Å²) in [4.78, 5) is 29.9. The van der Waals surface area contributed by atoms with Crippen molar-refractivity contribution >= 4 is 17.6 Å². The second-order valence-corrected chi connectivity index (χ2v) is 1.98. The molecule has 0 bridgehead atoms. The summed E-state index contributed by atoms with van der Waals surface area (Å²) < 4.78 is 0. The molecule has 0 unspecified atom stereocenters. The normalized spacial score (nSPS) is 13.3. The van der Waals surface area contributed by atoms with Gasteiger partial charge in [-0.15, -0.1) is 0 Å². The fraction of sp³-hybridized carbons (Fsp3) is 0. The topological polar surface area (TPSA) is 115 Å². The summed E-state index contributed by atoms with van der Waals surface area (Å²) in [6.07, 6.45) is 5.01. The summed E-state index contributed by atoms with van der Waals surface area (Å²) in [5, 5.41) is 0. The molecule has 0 saturated carbocycles. The van der Waals surface area contributed by atoms with Crippen LogP contribution in [0.5, 0.6) is 0 Å². The molecule has 0 aliphatic heterocycles. The zero-order chi connectivity index (χ0) is 10.3. The molecular weight excluding hydrogens is 174 g/mol. The van der Waals surface area contributed by atoms with Gasteiger partial charge >= 0.3 is 6.03 Å². The van der Waals surface area contributed by atoms with Crippen molar-refractivity contribution in [1.82, 2.24) is 5.43 Å². The number of urea groups is 1. The summed E-state index contributed by atoms with van der Waals surface area (Å²) in [5.74, 6) is 4.21. The van der Waals surface area contributed by atoms with Crippen LogP contribution in [-0.2, 0) is 9.59 Å². The Balaban J connectivity index is 0.000000252. The average molecular weight is 183 g/mol. The van der Waals surface area contributed by atoms with Gasteiger partial charge in [0.2, 0.25) is 0 Å². The third-order valence-corrected chi connectivity index (χ3v) is 0.966. The van der Waals surface area contributed by atoms with Gasteiger partial charge in [0.25, 0.3) is 0 Å². The molecule has 6 nitrogen and oxygen atoms in total. The van der Waals surface area contributed by atoms with Gasteiger partial charge in [0.15, 0.2) is 11.6 Å². The summed E-state index contributed by atoms with van der Waals surface area (Å²) in [5.41, 5.74) is 6.08. The highest BCUT2D eigenvalue weighted by Crippen LogP contribution is 1.90. The first-order valence-corrected chi connectivity index (χ1v) is 3.26. The highest BCUT2D eigenvalue weighted by Gasteiger charge is 1.97. The van der Waals surface area contributed by atoms with Crippen molar-refractivity contribution in [1.29, 1.82) is 0 Å². The molecule has 0 heterocycles. The highest BCUT2D eigenvalue weighted by molar-refractivity contribution is 6.14. The molecule has 0 fully saturated rings. The molecule has 2 amide bonds. The van der Waals surface area contributed by atoms with Gasteiger partial charge < -0.3 is 5.73 Å². The monoisotopic (exact) mass is 183 g/mol. The fourth-order valence-electron chi connectivity index (χ4n) is 0.440. The molecule has 0 atom stereocenters. The van der Waals surface area contributed by atoms with Crippen LogP contribution < -0.4 is 17.0 Å². The molecule has 1 aliphatic rings. The third-order valence-electron chi connectivity index (χ3n) is 0.966. The van der Waals surface area contributed by atoms with Crippen LogP contribution in [0.2, 0.25) is 0 Å². The van der Waals surface area contributed by atoms with Crippen LogP contribution in [0.4, 0.5) is 4.79 Å². The first kappa shape index (κ1) is 11.1. The molecule has 0 radical (unpaired) electrons. The Bertz CT molecular complexity index is 243. The smallest absolute Gasteiger partial charge is 0.326 e. The van der Waals surface area contributed by atoms with Crippen LogP contribution in [0.15, 0.2) is 24.3 Å². The van der Waals surface area contributed by atoms with Crippen LogP contribution in [0.3, 0.4) is 0 Å². The second kappa shape index (κ2) is 5.67. The molecule has 6 heteroatoms. The summed E-state index contributed by atoms with van der Waals surface area (Å²) in [6.45, 7) is 0. The molecule has 70 valence electrons. The number of nitrogens with one attached hydrogen (secondary N) is 1. The summed E-state index contributed by atoms with van der Waals surface area (Å²) >= 11 is 0. The molecule has 5 N–H and O–H groups in total. The third kappa shape index (κ3) is 6.45. The van der Waals surface area contributed by atoms with E-state index in [2.05, 4.69) is 11.6 Å². The van der Waals surface area contributed by atoms with E-state index in [1.807, 2.05) is 0 Å². The Morgan fingerprint density at radius 3 is 1.46 bits per heavy atom. The van der Waals surface area contributed by atoms with Crippen molar-refractivity contribution in [3.63, 3.8) is 0 Å². The number of hydrogen-bond acceptors (Lipinski definition) is 4. The number of carbonyl (C=O) groups excluding carboxylic acids is 3. The number of carbonyl (C=O) groups is 3. The van der Waals surface area contributed by atoms with E-state index in [0.717, 1.165) is 0 Å². The van der Waals surface area contributed by atoms with Crippen molar-refractivity contribution in [2.75, 3.05) is 0 Å².